The SMILES string of the molecule is CC(C)(C)[Si](C)(C)OC(CC#CCCl)COC1CCCCO1. The van der Waals surface area contributed by atoms with Gasteiger partial charge < -0.3 is 13.9 Å². The fourth-order valence-electron chi connectivity index (χ4n) is 2.02. The molecule has 0 aromatic carbocycles. The first-order valence-corrected chi connectivity index (χ1v) is 11.6. The van der Waals surface area contributed by atoms with Crippen LogP contribution in [0.4, 0.5) is 0 Å². The van der Waals surface area contributed by atoms with Gasteiger partial charge in [0.1, 0.15) is 0 Å². The fraction of sp³-hybridized carbons (Fsp3) is 0.882. The molecule has 2 atom stereocenters. The normalized spacial score (nSPS) is 21.1. The van der Waals surface area contributed by atoms with Crippen LogP contribution in [0.2, 0.25) is 18.1 Å². The molecule has 1 heterocycles. The Hall–Kier alpha value is -0.0531. The highest BCUT2D eigenvalue weighted by Crippen LogP contribution is 2.37. The standard InChI is InChI=1S/C17H31ClO3Si/c1-17(2,3)22(4,5)21-15(10-6-8-12-18)14-20-16-11-7-9-13-19-16/h15-16H,7,9-14H2,1-5H3. The third kappa shape index (κ3) is 7.02. The highest BCUT2D eigenvalue weighted by molar-refractivity contribution is 6.74. The quantitative estimate of drug-likeness (QED) is 0.401. The molecule has 0 aromatic rings. The van der Waals surface area contributed by atoms with Crippen LogP contribution in [0.15, 0.2) is 0 Å². The zero-order valence-electron chi connectivity index (χ0n) is 14.7. The van der Waals surface area contributed by atoms with Crippen molar-refractivity contribution >= 4 is 19.9 Å². The van der Waals surface area contributed by atoms with E-state index in [0.29, 0.717) is 18.9 Å². The molecule has 1 aliphatic heterocycles. The third-order valence-corrected chi connectivity index (χ3v) is 9.06. The predicted octanol–water partition coefficient (Wildman–Crippen LogP) is 4.55. The Bertz CT molecular complexity index is 376. The number of rotatable bonds is 6. The largest absolute Gasteiger partial charge is 0.411 e. The van der Waals surface area contributed by atoms with Crippen LogP contribution in [0.25, 0.3) is 0 Å². The van der Waals surface area contributed by atoms with E-state index in [2.05, 4.69) is 45.7 Å². The lowest BCUT2D eigenvalue weighted by atomic mass is 10.2. The summed E-state index contributed by atoms with van der Waals surface area (Å²) in [5.74, 6) is 6.36. The van der Waals surface area contributed by atoms with Crippen LogP contribution in [-0.4, -0.2) is 39.8 Å². The van der Waals surface area contributed by atoms with Crippen molar-refractivity contribution in [1.29, 1.82) is 0 Å². The monoisotopic (exact) mass is 346 g/mol. The summed E-state index contributed by atoms with van der Waals surface area (Å²) in [4.78, 5) is 0. The smallest absolute Gasteiger partial charge is 0.192 e. The molecule has 0 bridgehead atoms. The Kier molecular flexibility index (Phi) is 8.45. The van der Waals surface area contributed by atoms with Crippen molar-refractivity contribution in [3.05, 3.63) is 0 Å². The van der Waals surface area contributed by atoms with Crippen LogP contribution in [0.1, 0.15) is 46.5 Å². The third-order valence-electron chi connectivity index (χ3n) is 4.39. The Morgan fingerprint density at radius 2 is 2.00 bits per heavy atom. The van der Waals surface area contributed by atoms with Gasteiger partial charge >= 0.3 is 0 Å². The molecule has 0 spiro atoms. The number of halogens is 1. The van der Waals surface area contributed by atoms with E-state index in [1.807, 2.05) is 0 Å². The Morgan fingerprint density at radius 3 is 2.55 bits per heavy atom. The van der Waals surface area contributed by atoms with E-state index >= 15 is 0 Å². The summed E-state index contributed by atoms with van der Waals surface area (Å²) >= 11 is 5.63. The topological polar surface area (TPSA) is 27.7 Å². The van der Waals surface area contributed by atoms with E-state index in [1.165, 1.54) is 6.42 Å². The average Bonchev–Trinajstić information content (AvgIpc) is 2.44. The van der Waals surface area contributed by atoms with Crippen LogP contribution >= 0.6 is 11.6 Å². The molecule has 0 amide bonds. The predicted molar refractivity (Wildman–Crippen MR) is 94.7 cm³/mol. The van der Waals surface area contributed by atoms with E-state index in [4.69, 9.17) is 25.5 Å². The molecule has 3 nitrogen and oxygen atoms in total. The maximum atomic E-state index is 6.45. The summed E-state index contributed by atoms with van der Waals surface area (Å²) in [5.41, 5.74) is 0. The number of ether oxygens (including phenoxy) is 2. The molecule has 128 valence electrons. The summed E-state index contributed by atoms with van der Waals surface area (Å²) in [7, 11) is -1.84. The van der Waals surface area contributed by atoms with Gasteiger partial charge in [-0.2, -0.15) is 0 Å². The Balaban J connectivity index is 2.58. The minimum atomic E-state index is -1.84. The molecule has 0 N–H and O–H groups in total. The van der Waals surface area contributed by atoms with Crippen LogP contribution in [0.3, 0.4) is 0 Å². The molecule has 1 fully saturated rings. The summed E-state index contributed by atoms with van der Waals surface area (Å²) in [6, 6.07) is 0. The minimum absolute atomic E-state index is 0.0119. The second-order valence-electron chi connectivity index (χ2n) is 7.32. The molecular formula is C17H31ClO3Si. The van der Waals surface area contributed by atoms with E-state index in [9.17, 15) is 0 Å². The molecular weight excluding hydrogens is 316 g/mol. The second-order valence-corrected chi connectivity index (χ2v) is 12.3. The van der Waals surface area contributed by atoms with Gasteiger partial charge in [0.15, 0.2) is 14.6 Å². The van der Waals surface area contributed by atoms with Crippen molar-refractivity contribution < 1.29 is 13.9 Å². The number of hydrogen-bond acceptors (Lipinski definition) is 3. The molecule has 0 radical (unpaired) electrons. The molecule has 2 unspecified atom stereocenters. The zero-order valence-corrected chi connectivity index (χ0v) is 16.5. The highest BCUT2D eigenvalue weighted by Gasteiger charge is 2.39. The molecule has 1 saturated heterocycles. The van der Waals surface area contributed by atoms with Crippen molar-refractivity contribution in [3.8, 4) is 11.8 Å². The molecule has 1 rings (SSSR count). The average molecular weight is 347 g/mol. The molecule has 5 heteroatoms. The van der Waals surface area contributed by atoms with Crippen LogP contribution in [0.5, 0.6) is 0 Å². The highest BCUT2D eigenvalue weighted by atomic mass is 35.5. The first-order chi connectivity index (χ1) is 10.3. The van der Waals surface area contributed by atoms with Gasteiger partial charge in [0, 0.05) is 13.0 Å². The van der Waals surface area contributed by atoms with Crippen molar-refractivity contribution in [1.82, 2.24) is 0 Å². The molecule has 0 aliphatic carbocycles. The van der Waals surface area contributed by atoms with Crippen molar-refractivity contribution in [2.24, 2.45) is 0 Å². The summed E-state index contributed by atoms with van der Waals surface area (Å²) in [6.45, 7) is 12.6. The Labute approximate surface area is 142 Å². The minimum Gasteiger partial charge on any atom is -0.411 e. The number of hydrogen-bond donors (Lipinski definition) is 0. The molecule has 1 aliphatic rings. The van der Waals surface area contributed by atoms with E-state index in [1.54, 1.807) is 0 Å². The first kappa shape index (κ1) is 20.0. The zero-order chi connectivity index (χ0) is 16.6. The van der Waals surface area contributed by atoms with Crippen molar-refractivity contribution in [2.45, 2.75) is 77.0 Å². The van der Waals surface area contributed by atoms with Gasteiger partial charge in [-0.15, -0.1) is 11.6 Å². The lowest BCUT2D eigenvalue weighted by Crippen LogP contribution is -2.45. The Morgan fingerprint density at radius 1 is 1.27 bits per heavy atom. The van der Waals surface area contributed by atoms with E-state index in [-0.39, 0.29) is 17.4 Å². The van der Waals surface area contributed by atoms with E-state index < -0.39 is 8.32 Å². The van der Waals surface area contributed by atoms with Gasteiger partial charge in [-0.25, -0.2) is 0 Å². The summed E-state index contributed by atoms with van der Waals surface area (Å²) in [5, 5.41) is 0.173. The maximum absolute atomic E-state index is 6.45. The maximum Gasteiger partial charge on any atom is 0.192 e. The van der Waals surface area contributed by atoms with Crippen molar-refractivity contribution in [3.63, 3.8) is 0 Å². The van der Waals surface area contributed by atoms with Crippen LogP contribution in [-0.2, 0) is 13.9 Å². The van der Waals surface area contributed by atoms with E-state index in [0.717, 1.165) is 19.4 Å². The second kappa shape index (κ2) is 9.29. The van der Waals surface area contributed by atoms with Gasteiger partial charge in [-0.1, -0.05) is 32.6 Å². The summed E-state index contributed by atoms with van der Waals surface area (Å²) < 4.78 is 18.0. The van der Waals surface area contributed by atoms with Gasteiger partial charge in [0.25, 0.3) is 0 Å². The van der Waals surface area contributed by atoms with Crippen molar-refractivity contribution in [2.75, 3.05) is 19.1 Å². The van der Waals surface area contributed by atoms with Gasteiger partial charge in [0.2, 0.25) is 0 Å². The van der Waals surface area contributed by atoms with Crippen LogP contribution < -0.4 is 0 Å². The lowest BCUT2D eigenvalue weighted by molar-refractivity contribution is -0.173. The number of alkyl halides is 1. The van der Waals surface area contributed by atoms with Gasteiger partial charge in [-0.05, 0) is 37.4 Å². The lowest BCUT2D eigenvalue weighted by Gasteiger charge is -2.39. The summed E-state index contributed by atoms with van der Waals surface area (Å²) in [6.07, 6.45) is 3.84. The molecule has 22 heavy (non-hydrogen) atoms. The fourth-order valence-corrected chi connectivity index (χ4v) is 3.45. The first-order valence-electron chi connectivity index (χ1n) is 8.19. The molecule has 0 aromatic heterocycles. The molecule has 0 saturated carbocycles. The van der Waals surface area contributed by atoms with Crippen LogP contribution in [0, 0.1) is 11.8 Å². The van der Waals surface area contributed by atoms with Gasteiger partial charge in [-0.3, -0.25) is 0 Å². The van der Waals surface area contributed by atoms with Gasteiger partial charge in [0.05, 0.1) is 18.6 Å².